The molecule has 1 atom stereocenters. The van der Waals surface area contributed by atoms with Crippen molar-refractivity contribution in [2.45, 2.75) is 33.2 Å². The molecular formula is C24H28N6O4. The van der Waals surface area contributed by atoms with Crippen LogP contribution < -0.4 is 24.8 Å². The second-order valence-electron chi connectivity index (χ2n) is 7.66. The molecule has 34 heavy (non-hydrogen) atoms. The molecule has 0 spiro atoms. The number of nitrogens with one attached hydrogen (secondary N) is 2. The van der Waals surface area contributed by atoms with Crippen LogP contribution in [0.5, 0.6) is 17.2 Å². The molecule has 1 aliphatic rings. The van der Waals surface area contributed by atoms with Crippen LogP contribution in [0.15, 0.2) is 53.7 Å². The lowest BCUT2D eigenvalue weighted by Gasteiger charge is -2.28. The number of nitrogens with zero attached hydrogens (tertiary/aromatic N) is 4. The molecule has 2 heterocycles. The summed E-state index contributed by atoms with van der Waals surface area (Å²) in [5, 5.41) is 18.1. The van der Waals surface area contributed by atoms with Crippen molar-refractivity contribution in [2.24, 2.45) is 0 Å². The number of aromatic nitrogens is 4. The quantitative estimate of drug-likeness (QED) is 0.492. The van der Waals surface area contributed by atoms with Gasteiger partial charge in [0.2, 0.25) is 5.95 Å². The monoisotopic (exact) mass is 464 g/mol. The Hall–Kier alpha value is -4.08. The molecule has 3 aromatic rings. The van der Waals surface area contributed by atoms with E-state index in [1.54, 1.807) is 17.9 Å². The van der Waals surface area contributed by atoms with Crippen molar-refractivity contribution in [3.8, 4) is 17.2 Å². The molecule has 2 N–H and O–H groups in total. The minimum atomic E-state index is -0.584. The van der Waals surface area contributed by atoms with E-state index in [-0.39, 0.29) is 5.91 Å². The molecule has 0 bridgehead atoms. The van der Waals surface area contributed by atoms with E-state index >= 15 is 0 Å². The minimum Gasteiger partial charge on any atom is -0.493 e. The molecule has 1 amide bonds. The lowest BCUT2D eigenvalue weighted by Crippen LogP contribution is -2.31. The number of hydrogen-bond donors (Lipinski definition) is 2. The lowest BCUT2D eigenvalue weighted by atomic mass is 9.94. The third kappa shape index (κ3) is 4.52. The van der Waals surface area contributed by atoms with Crippen molar-refractivity contribution >= 4 is 17.5 Å². The SMILES string of the molecule is CCCOc1ccc(C2C(C(=O)Nc3ccccc3OCC)=C(C)Nc3nnnn32)cc1OC. The predicted molar refractivity (Wildman–Crippen MR) is 127 cm³/mol. The summed E-state index contributed by atoms with van der Waals surface area (Å²) in [7, 11) is 1.59. The third-order valence-electron chi connectivity index (χ3n) is 5.36. The van der Waals surface area contributed by atoms with Crippen LogP contribution in [0.2, 0.25) is 0 Å². The van der Waals surface area contributed by atoms with Gasteiger partial charge >= 0.3 is 0 Å². The van der Waals surface area contributed by atoms with Crippen molar-refractivity contribution < 1.29 is 19.0 Å². The van der Waals surface area contributed by atoms with Crippen LogP contribution in [0.25, 0.3) is 0 Å². The molecule has 1 unspecified atom stereocenters. The maximum Gasteiger partial charge on any atom is 0.255 e. The zero-order valence-electron chi connectivity index (χ0n) is 19.7. The Kier molecular flexibility index (Phi) is 6.95. The van der Waals surface area contributed by atoms with Gasteiger partial charge in [-0.1, -0.05) is 30.2 Å². The molecule has 4 rings (SSSR count). The van der Waals surface area contributed by atoms with Gasteiger partial charge in [0.15, 0.2) is 11.5 Å². The summed E-state index contributed by atoms with van der Waals surface area (Å²) >= 11 is 0. The average Bonchev–Trinajstić information content (AvgIpc) is 3.31. The van der Waals surface area contributed by atoms with Gasteiger partial charge in [-0.05, 0) is 60.5 Å². The number of carbonyl (C=O) groups excluding carboxylic acids is 1. The van der Waals surface area contributed by atoms with Crippen LogP contribution >= 0.6 is 0 Å². The van der Waals surface area contributed by atoms with Crippen molar-refractivity contribution in [3.05, 3.63) is 59.3 Å². The van der Waals surface area contributed by atoms with E-state index in [9.17, 15) is 4.79 Å². The molecule has 0 aliphatic carbocycles. The first-order valence-corrected chi connectivity index (χ1v) is 11.2. The van der Waals surface area contributed by atoms with Crippen LogP contribution in [0.4, 0.5) is 11.6 Å². The van der Waals surface area contributed by atoms with E-state index in [0.29, 0.717) is 53.4 Å². The fraction of sp³-hybridized carbons (Fsp3) is 0.333. The number of carbonyl (C=O) groups is 1. The van der Waals surface area contributed by atoms with Crippen molar-refractivity contribution in [1.82, 2.24) is 20.2 Å². The van der Waals surface area contributed by atoms with Crippen LogP contribution in [-0.2, 0) is 4.79 Å². The molecule has 2 aromatic carbocycles. The van der Waals surface area contributed by atoms with Gasteiger partial charge < -0.3 is 24.8 Å². The first-order chi connectivity index (χ1) is 16.6. The second kappa shape index (κ2) is 10.2. The molecule has 178 valence electrons. The summed E-state index contributed by atoms with van der Waals surface area (Å²) in [6.45, 7) is 6.82. The highest BCUT2D eigenvalue weighted by molar-refractivity contribution is 6.06. The number of methoxy groups -OCH3 is 1. The molecule has 10 nitrogen and oxygen atoms in total. The lowest BCUT2D eigenvalue weighted by molar-refractivity contribution is -0.113. The van der Waals surface area contributed by atoms with E-state index in [4.69, 9.17) is 14.2 Å². The summed E-state index contributed by atoms with van der Waals surface area (Å²) in [5.41, 5.74) is 2.47. The average molecular weight is 465 g/mol. The number of para-hydroxylation sites is 2. The Morgan fingerprint density at radius 3 is 2.71 bits per heavy atom. The maximum absolute atomic E-state index is 13.6. The second-order valence-corrected chi connectivity index (χ2v) is 7.66. The van der Waals surface area contributed by atoms with E-state index in [1.165, 1.54) is 0 Å². The van der Waals surface area contributed by atoms with Crippen molar-refractivity contribution in [3.63, 3.8) is 0 Å². The maximum atomic E-state index is 13.6. The molecule has 1 aliphatic heterocycles. The van der Waals surface area contributed by atoms with E-state index in [2.05, 4.69) is 26.2 Å². The fourth-order valence-corrected chi connectivity index (χ4v) is 3.84. The molecular weight excluding hydrogens is 436 g/mol. The number of anilines is 2. The highest BCUT2D eigenvalue weighted by atomic mass is 16.5. The van der Waals surface area contributed by atoms with Gasteiger partial charge in [0.05, 0.1) is 31.6 Å². The molecule has 0 saturated heterocycles. The van der Waals surface area contributed by atoms with E-state index < -0.39 is 6.04 Å². The molecule has 0 saturated carbocycles. The summed E-state index contributed by atoms with van der Waals surface area (Å²) in [5.74, 6) is 1.95. The molecule has 1 aromatic heterocycles. The number of benzene rings is 2. The third-order valence-corrected chi connectivity index (χ3v) is 5.36. The van der Waals surface area contributed by atoms with Crippen LogP contribution in [0, 0.1) is 0 Å². The normalized spacial score (nSPS) is 14.8. The number of rotatable bonds is 9. The first kappa shape index (κ1) is 23.1. The Morgan fingerprint density at radius 2 is 1.94 bits per heavy atom. The first-order valence-electron chi connectivity index (χ1n) is 11.2. The van der Waals surface area contributed by atoms with Gasteiger partial charge in [-0.3, -0.25) is 4.79 Å². The predicted octanol–water partition coefficient (Wildman–Crippen LogP) is 3.80. The summed E-state index contributed by atoms with van der Waals surface area (Å²) in [6, 6.07) is 12.3. The number of amides is 1. The topological polar surface area (TPSA) is 112 Å². The summed E-state index contributed by atoms with van der Waals surface area (Å²) < 4.78 is 18.6. The molecule has 0 fully saturated rings. The zero-order valence-corrected chi connectivity index (χ0v) is 19.7. The van der Waals surface area contributed by atoms with E-state index in [1.807, 2.05) is 57.2 Å². The number of hydrogen-bond acceptors (Lipinski definition) is 8. The van der Waals surface area contributed by atoms with E-state index in [0.717, 1.165) is 12.0 Å². The Bertz CT molecular complexity index is 1210. The van der Waals surface area contributed by atoms with Gasteiger partial charge in [0.25, 0.3) is 5.91 Å². The van der Waals surface area contributed by atoms with Gasteiger partial charge in [-0.15, -0.1) is 0 Å². The minimum absolute atomic E-state index is 0.298. The number of allylic oxidation sites excluding steroid dienone is 1. The fourth-order valence-electron chi connectivity index (χ4n) is 3.84. The smallest absolute Gasteiger partial charge is 0.255 e. The van der Waals surface area contributed by atoms with Gasteiger partial charge in [0, 0.05) is 5.70 Å². The van der Waals surface area contributed by atoms with Crippen LogP contribution in [0.3, 0.4) is 0 Å². The standard InChI is InChI=1S/C24H28N6O4/c1-5-13-34-19-12-11-16(14-20(19)32-4)22-21(15(3)25-24-27-28-29-30(22)24)23(31)26-17-9-7-8-10-18(17)33-6-2/h7-12,14,22H,5-6,13H2,1-4H3,(H,26,31)(H,25,27,29). The summed E-state index contributed by atoms with van der Waals surface area (Å²) in [4.78, 5) is 13.6. The Labute approximate surface area is 197 Å². The van der Waals surface area contributed by atoms with Crippen molar-refractivity contribution in [1.29, 1.82) is 0 Å². The van der Waals surface area contributed by atoms with Crippen molar-refractivity contribution in [2.75, 3.05) is 31.0 Å². The molecule has 10 heteroatoms. The highest BCUT2D eigenvalue weighted by Crippen LogP contribution is 2.39. The van der Waals surface area contributed by atoms with Crippen LogP contribution in [-0.4, -0.2) is 46.4 Å². The Balaban J connectivity index is 1.74. The Morgan fingerprint density at radius 1 is 1.12 bits per heavy atom. The molecule has 0 radical (unpaired) electrons. The van der Waals surface area contributed by atoms with Crippen LogP contribution in [0.1, 0.15) is 38.8 Å². The highest BCUT2D eigenvalue weighted by Gasteiger charge is 2.34. The number of tetrazole rings is 1. The van der Waals surface area contributed by atoms with Gasteiger partial charge in [0.1, 0.15) is 11.8 Å². The zero-order chi connectivity index (χ0) is 24.1. The van der Waals surface area contributed by atoms with Gasteiger partial charge in [-0.2, -0.15) is 4.68 Å². The number of fused-ring (bicyclic) bond motifs is 1. The van der Waals surface area contributed by atoms with Gasteiger partial charge in [-0.25, -0.2) is 0 Å². The summed E-state index contributed by atoms with van der Waals surface area (Å²) in [6.07, 6.45) is 0.878. The number of ether oxygens (including phenoxy) is 3. The largest absolute Gasteiger partial charge is 0.493 e.